The number of likely N-dealkylation sites (N-methyl/N-ethyl adjacent to an activating group) is 1. The van der Waals surface area contributed by atoms with Gasteiger partial charge in [-0.3, -0.25) is 9.52 Å². The normalized spacial score (nSPS) is 10.9. The highest BCUT2D eigenvalue weighted by Gasteiger charge is 2.21. The van der Waals surface area contributed by atoms with E-state index < -0.39 is 28.5 Å². The monoisotopic (exact) mass is 376 g/mol. The van der Waals surface area contributed by atoms with E-state index in [1.54, 1.807) is 38.1 Å². The quantitative estimate of drug-likeness (QED) is 0.751. The summed E-state index contributed by atoms with van der Waals surface area (Å²) in [6.45, 7) is 3.04. The second kappa shape index (κ2) is 8.01. The fourth-order valence-electron chi connectivity index (χ4n) is 2.23. The van der Waals surface area contributed by atoms with Crippen LogP contribution in [0.1, 0.15) is 21.5 Å². The van der Waals surface area contributed by atoms with Crippen molar-refractivity contribution < 1.29 is 22.7 Å². The predicted octanol–water partition coefficient (Wildman–Crippen LogP) is 2.01. The molecule has 7 nitrogen and oxygen atoms in total. The number of ether oxygens (including phenoxy) is 1. The number of esters is 1. The van der Waals surface area contributed by atoms with Gasteiger partial charge in [-0.25, -0.2) is 13.2 Å². The number of anilines is 1. The molecule has 0 spiro atoms. The van der Waals surface area contributed by atoms with Crippen LogP contribution in [0.5, 0.6) is 0 Å². The Kier molecular flexibility index (Phi) is 5.99. The first-order valence-corrected chi connectivity index (χ1v) is 9.29. The van der Waals surface area contributed by atoms with E-state index in [-0.39, 0.29) is 16.1 Å². The minimum Gasteiger partial charge on any atom is -0.452 e. The van der Waals surface area contributed by atoms with E-state index in [1.807, 2.05) is 6.07 Å². The molecule has 0 aromatic heterocycles. The predicted molar refractivity (Wildman–Crippen MR) is 97.5 cm³/mol. The highest BCUT2D eigenvalue weighted by molar-refractivity contribution is 7.92. The summed E-state index contributed by atoms with van der Waals surface area (Å²) in [6, 6.07) is 11.1. The van der Waals surface area contributed by atoms with Crippen LogP contribution < -0.4 is 10.0 Å². The zero-order chi connectivity index (χ0) is 19.3. The topological polar surface area (TPSA) is 102 Å². The summed E-state index contributed by atoms with van der Waals surface area (Å²) in [4.78, 5) is 23.5. The van der Waals surface area contributed by atoms with Crippen LogP contribution in [0.15, 0.2) is 47.4 Å². The summed E-state index contributed by atoms with van der Waals surface area (Å²) in [7, 11) is -2.48. The van der Waals surface area contributed by atoms with Crippen molar-refractivity contribution in [2.24, 2.45) is 0 Å². The van der Waals surface area contributed by atoms with Gasteiger partial charge >= 0.3 is 5.97 Å². The van der Waals surface area contributed by atoms with Gasteiger partial charge in [0, 0.05) is 7.05 Å². The van der Waals surface area contributed by atoms with Crippen molar-refractivity contribution in [1.29, 1.82) is 0 Å². The second-order valence-electron chi connectivity index (χ2n) is 5.67. The van der Waals surface area contributed by atoms with Crippen LogP contribution in [-0.2, 0) is 19.6 Å². The number of sulfonamides is 1. The molecule has 26 heavy (non-hydrogen) atoms. The minimum atomic E-state index is -3.90. The van der Waals surface area contributed by atoms with Gasteiger partial charge in [0.15, 0.2) is 6.61 Å². The molecular weight excluding hydrogens is 356 g/mol. The summed E-state index contributed by atoms with van der Waals surface area (Å²) in [5, 5.41) is 2.33. The lowest BCUT2D eigenvalue weighted by atomic mass is 10.2. The molecule has 1 amide bonds. The summed E-state index contributed by atoms with van der Waals surface area (Å²) in [5.74, 6) is -1.26. The highest BCUT2D eigenvalue weighted by atomic mass is 32.2. The van der Waals surface area contributed by atoms with Crippen LogP contribution in [0.3, 0.4) is 0 Å². The van der Waals surface area contributed by atoms with E-state index in [4.69, 9.17) is 4.74 Å². The molecule has 0 aliphatic rings. The maximum Gasteiger partial charge on any atom is 0.340 e. The molecule has 0 atom stereocenters. The maximum atomic E-state index is 12.7. The van der Waals surface area contributed by atoms with E-state index in [9.17, 15) is 18.0 Å². The van der Waals surface area contributed by atoms with E-state index >= 15 is 0 Å². The first-order chi connectivity index (χ1) is 12.2. The Morgan fingerprint density at radius 1 is 1.08 bits per heavy atom. The molecule has 0 fully saturated rings. The van der Waals surface area contributed by atoms with Gasteiger partial charge in [0.25, 0.3) is 15.9 Å². The summed E-state index contributed by atoms with van der Waals surface area (Å²) in [5.41, 5.74) is 1.48. The van der Waals surface area contributed by atoms with E-state index in [0.29, 0.717) is 5.56 Å². The van der Waals surface area contributed by atoms with Crippen LogP contribution in [0.2, 0.25) is 0 Å². The molecule has 0 aliphatic carbocycles. The third-order valence-corrected chi connectivity index (χ3v) is 5.15. The summed E-state index contributed by atoms with van der Waals surface area (Å²) >= 11 is 0. The summed E-state index contributed by atoms with van der Waals surface area (Å²) < 4.78 is 32.8. The van der Waals surface area contributed by atoms with E-state index in [1.165, 1.54) is 19.2 Å². The van der Waals surface area contributed by atoms with Crippen molar-refractivity contribution in [2.75, 3.05) is 18.4 Å². The van der Waals surface area contributed by atoms with Crippen molar-refractivity contribution in [2.45, 2.75) is 18.7 Å². The zero-order valence-corrected chi connectivity index (χ0v) is 15.5. The third kappa shape index (κ3) is 4.60. The van der Waals surface area contributed by atoms with Gasteiger partial charge in [-0.15, -0.1) is 0 Å². The molecule has 2 aromatic carbocycles. The van der Waals surface area contributed by atoms with Gasteiger partial charge in [0.1, 0.15) is 0 Å². The Hall–Kier alpha value is -2.87. The lowest BCUT2D eigenvalue weighted by Crippen LogP contribution is -2.25. The number of nitrogens with one attached hydrogen (secondary N) is 2. The number of hydrogen-bond acceptors (Lipinski definition) is 5. The molecule has 2 rings (SSSR count). The van der Waals surface area contributed by atoms with Gasteiger partial charge in [0.05, 0.1) is 16.1 Å². The fraction of sp³-hybridized carbons (Fsp3) is 0.222. The minimum absolute atomic E-state index is 0.0188. The molecule has 0 heterocycles. The Bertz CT molecular complexity index is 938. The first-order valence-electron chi connectivity index (χ1n) is 7.81. The Morgan fingerprint density at radius 2 is 1.77 bits per heavy atom. The van der Waals surface area contributed by atoms with Crippen LogP contribution in [-0.4, -0.2) is 33.9 Å². The Labute approximate surface area is 152 Å². The molecule has 0 aliphatic heterocycles. The molecule has 0 unspecified atom stereocenters. The number of amides is 1. The lowest BCUT2D eigenvalue weighted by molar-refractivity contribution is -0.123. The standard InChI is InChI=1S/C18H20N2O5S/c1-12-8-9-13(2)16(10-12)26(23,24)20-15-7-5-4-6-14(15)18(22)25-11-17(21)19-3/h4-10,20H,11H2,1-3H3,(H,19,21). The third-order valence-electron chi connectivity index (χ3n) is 3.64. The number of benzene rings is 2. The van der Waals surface area contributed by atoms with E-state index in [0.717, 1.165) is 5.56 Å². The molecule has 0 saturated heterocycles. The largest absolute Gasteiger partial charge is 0.452 e. The molecule has 0 radical (unpaired) electrons. The van der Waals surface area contributed by atoms with Crippen LogP contribution >= 0.6 is 0 Å². The molecule has 138 valence electrons. The molecule has 2 aromatic rings. The van der Waals surface area contributed by atoms with Gasteiger partial charge < -0.3 is 10.1 Å². The number of hydrogen-bond donors (Lipinski definition) is 2. The van der Waals surface area contributed by atoms with Gasteiger partial charge in [0.2, 0.25) is 0 Å². The average Bonchev–Trinajstić information content (AvgIpc) is 2.61. The fourth-order valence-corrected chi connectivity index (χ4v) is 3.64. The molecule has 8 heteroatoms. The first kappa shape index (κ1) is 19.5. The Morgan fingerprint density at radius 3 is 2.46 bits per heavy atom. The molecule has 0 bridgehead atoms. The number of carbonyl (C=O) groups excluding carboxylic acids is 2. The number of carbonyl (C=O) groups is 2. The second-order valence-corrected chi connectivity index (χ2v) is 7.32. The molecule has 2 N–H and O–H groups in total. The lowest BCUT2D eigenvalue weighted by Gasteiger charge is -2.14. The molecular formula is C18H20N2O5S. The highest BCUT2D eigenvalue weighted by Crippen LogP contribution is 2.23. The van der Waals surface area contributed by atoms with E-state index in [2.05, 4.69) is 10.0 Å². The zero-order valence-electron chi connectivity index (χ0n) is 14.7. The van der Waals surface area contributed by atoms with Gasteiger partial charge in [-0.1, -0.05) is 24.3 Å². The van der Waals surface area contributed by atoms with Gasteiger partial charge in [-0.05, 0) is 43.2 Å². The van der Waals surface area contributed by atoms with Gasteiger partial charge in [-0.2, -0.15) is 0 Å². The van der Waals surface area contributed by atoms with Crippen LogP contribution in [0.25, 0.3) is 0 Å². The number of aryl methyl sites for hydroxylation is 2. The van der Waals surface area contributed by atoms with Crippen LogP contribution in [0.4, 0.5) is 5.69 Å². The van der Waals surface area contributed by atoms with Crippen molar-refractivity contribution >= 4 is 27.6 Å². The smallest absolute Gasteiger partial charge is 0.340 e. The van der Waals surface area contributed by atoms with Crippen LogP contribution in [0, 0.1) is 13.8 Å². The van der Waals surface area contributed by atoms with Crippen molar-refractivity contribution in [3.05, 3.63) is 59.2 Å². The summed E-state index contributed by atoms with van der Waals surface area (Å²) in [6.07, 6.45) is 0. The average molecular weight is 376 g/mol. The maximum absolute atomic E-state index is 12.7. The van der Waals surface area contributed by atoms with Crippen molar-refractivity contribution in [3.8, 4) is 0 Å². The Balaban J connectivity index is 2.31. The number of para-hydroxylation sites is 1. The SMILES string of the molecule is CNC(=O)COC(=O)c1ccccc1NS(=O)(=O)c1cc(C)ccc1C. The molecule has 0 saturated carbocycles. The van der Waals surface area contributed by atoms with Crippen molar-refractivity contribution in [1.82, 2.24) is 5.32 Å². The van der Waals surface area contributed by atoms with Crippen molar-refractivity contribution in [3.63, 3.8) is 0 Å². The number of rotatable bonds is 6.